The minimum absolute atomic E-state index is 0.00891. The van der Waals surface area contributed by atoms with E-state index in [-0.39, 0.29) is 23.6 Å². The number of alkyl carbamates (subject to hydrolysis) is 1. The van der Waals surface area contributed by atoms with Crippen LogP contribution in [0.4, 0.5) is 29.5 Å². The van der Waals surface area contributed by atoms with Crippen molar-refractivity contribution in [2.24, 2.45) is 0 Å². The van der Waals surface area contributed by atoms with E-state index in [0.29, 0.717) is 18.1 Å². The zero-order chi connectivity index (χ0) is 30.4. The highest BCUT2D eigenvalue weighted by molar-refractivity contribution is 6.74. The maximum absolute atomic E-state index is 12.8. The number of nitrogens with one attached hydrogen (secondary N) is 2. The lowest BCUT2D eigenvalue weighted by molar-refractivity contribution is -0.274. The number of alkyl halides is 3. The molecule has 13 heteroatoms. The van der Waals surface area contributed by atoms with Gasteiger partial charge in [-0.3, -0.25) is 9.91 Å². The lowest BCUT2D eigenvalue weighted by atomic mass is 9.95. The first kappa shape index (κ1) is 31.1. The SMILES string of the molecule is CC(C)(C)OC(=O)NCC1(N2CCC2O[Si](C)(C)C(C)(C)C)NN(c2ccc(OC(F)(F)F)cc2)c2ncccc21. The van der Waals surface area contributed by atoms with Gasteiger partial charge in [0.1, 0.15) is 23.2 Å². The van der Waals surface area contributed by atoms with Crippen LogP contribution in [0, 0.1) is 0 Å². The Labute approximate surface area is 240 Å². The second kappa shape index (κ2) is 10.8. The van der Waals surface area contributed by atoms with Crippen LogP contribution >= 0.6 is 0 Å². The molecule has 2 unspecified atom stereocenters. The van der Waals surface area contributed by atoms with E-state index in [1.165, 1.54) is 24.3 Å². The van der Waals surface area contributed by atoms with E-state index < -0.39 is 32.0 Å². The van der Waals surface area contributed by atoms with Crippen molar-refractivity contribution in [2.45, 2.75) is 89.9 Å². The number of hydrazine groups is 1. The van der Waals surface area contributed by atoms with Crippen LogP contribution in [0.25, 0.3) is 0 Å². The fraction of sp³-hybridized carbons (Fsp3) is 0.571. The summed E-state index contributed by atoms with van der Waals surface area (Å²) < 4.78 is 54.6. The first-order valence-electron chi connectivity index (χ1n) is 13.6. The molecule has 1 aromatic heterocycles. The lowest BCUT2D eigenvalue weighted by Crippen LogP contribution is -2.70. The highest BCUT2D eigenvalue weighted by Gasteiger charge is 2.55. The minimum Gasteiger partial charge on any atom is -0.444 e. The van der Waals surface area contributed by atoms with E-state index >= 15 is 0 Å². The molecule has 0 aliphatic carbocycles. The van der Waals surface area contributed by atoms with Crippen molar-refractivity contribution >= 4 is 25.9 Å². The van der Waals surface area contributed by atoms with Crippen molar-refractivity contribution in [3.05, 3.63) is 48.2 Å². The molecule has 0 bridgehead atoms. The number of ether oxygens (including phenoxy) is 2. The Bertz CT molecular complexity index is 1250. The van der Waals surface area contributed by atoms with Gasteiger partial charge in [-0.05, 0) is 75.7 Å². The van der Waals surface area contributed by atoms with Crippen LogP contribution < -0.4 is 20.5 Å². The number of likely N-dealkylation sites (tertiary alicyclic amines) is 1. The van der Waals surface area contributed by atoms with E-state index in [4.69, 9.17) is 9.16 Å². The van der Waals surface area contributed by atoms with Crippen molar-refractivity contribution in [1.29, 1.82) is 0 Å². The number of hydrogen-bond acceptors (Lipinski definition) is 8. The van der Waals surface area contributed by atoms with Gasteiger partial charge in [0, 0.05) is 18.3 Å². The first-order chi connectivity index (χ1) is 18.8. The minimum atomic E-state index is -4.79. The lowest BCUT2D eigenvalue weighted by Gasteiger charge is -2.54. The molecule has 9 nitrogen and oxygen atoms in total. The number of rotatable bonds is 7. The molecular formula is C28H40F3N5O4Si. The molecule has 1 fully saturated rings. The zero-order valence-electron chi connectivity index (χ0n) is 24.8. The predicted molar refractivity (Wildman–Crippen MR) is 152 cm³/mol. The van der Waals surface area contributed by atoms with Gasteiger partial charge in [0.05, 0.1) is 12.2 Å². The van der Waals surface area contributed by atoms with Gasteiger partial charge in [-0.2, -0.15) is 0 Å². The topological polar surface area (TPSA) is 88.2 Å². The molecule has 2 aliphatic rings. The number of carbonyl (C=O) groups is 1. The van der Waals surface area contributed by atoms with Crippen LogP contribution in [-0.2, 0) is 14.8 Å². The summed E-state index contributed by atoms with van der Waals surface area (Å²) in [6.45, 7) is 17.1. The smallest absolute Gasteiger partial charge is 0.444 e. The fourth-order valence-corrected chi connectivity index (χ4v) is 5.87. The number of halogens is 3. The predicted octanol–water partition coefficient (Wildman–Crippen LogP) is 6.37. The van der Waals surface area contributed by atoms with Crippen LogP contribution in [0.1, 0.15) is 53.5 Å². The number of benzene rings is 1. The summed E-state index contributed by atoms with van der Waals surface area (Å²) in [5.41, 5.74) is 3.19. The molecule has 0 spiro atoms. The van der Waals surface area contributed by atoms with Crippen molar-refractivity contribution in [2.75, 3.05) is 18.1 Å². The second-order valence-electron chi connectivity index (χ2n) is 12.9. The monoisotopic (exact) mass is 595 g/mol. The first-order valence-corrected chi connectivity index (χ1v) is 16.5. The van der Waals surface area contributed by atoms with Gasteiger partial charge in [-0.1, -0.05) is 26.8 Å². The van der Waals surface area contributed by atoms with Crippen LogP contribution in [0.2, 0.25) is 18.1 Å². The number of carbonyl (C=O) groups excluding carboxylic acids is 1. The van der Waals surface area contributed by atoms with Gasteiger partial charge in [0.25, 0.3) is 0 Å². The third-order valence-electron chi connectivity index (χ3n) is 7.65. The van der Waals surface area contributed by atoms with Crippen molar-refractivity contribution < 1.29 is 31.9 Å². The van der Waals surface area contributed by atoms with Gasteiger partial charge in [0.15, 0.2) is 14.1 Å². The molecule has 1 saturated heterocycles. The molecule has 226 valence electrons. The average Bonchev–Trinajstić information content (AvgIpc) is 3.13. The normalized spacial score (nSPS) is 21.7. The number of amides is 1. The maximum atomic E-state index is 12.8. The van der Waals surface area contributed by atoms with Gasteiger partial charge in [-0.15, -0.1) is 13.2 Å². The molecule has 1 aromatic carbocycles. The number of anilines is 2. The number of pyridine rings is 1. The van der Waals surface area contributed by atoms with E-state index in [0.717, 1.165) is 12.0 Å². The standard InChI is InChI=1S/C28H40F3N5O4Si/c1-25(2,3)39-24(37)33-18-27(35-17-15-22(35)40-41(7,8)26(4,5)6)21-10-9-16-32-23(21)36(34-27)19-11-13-20(14-12-19)38-28(29,30)31/h9-14,16,22,34H,15,17-18H2,1-8H3,(H,33,37). The van der Waals surface area contributed by atoms with Crippen LogP contribution in [0.5, 0.6) is 5.75 Å². The third-order valence-corrected chi connectivity index (χ3v) is 12.1. The molecular weight excluding hydrogens is 555 g/mol. The molecule has 4 rings (SSSR count). The van der Waals surface area contributed by atoms with Crippen molar-refractivity contribution in [1.82, 2.24) is 20.6 Å². The molecule has 41 heavy (non-hydrogen) atoms. The summed E-state index contributed by atoms with van der Waals surface area (Å²) in [6.07, 6.45) is -3.13. The molecule has 1 amide bonds. The summed E-state index contributed by atoms with van der Waals surface area (Å²) in [5, 5.41) is 4.63. The summed E-state index contributed by atoms with van der Waals surface area (Å²) >= 11 is 0. The Balaban J connectivity index is 1.70. The van der Waals surface area contributed by atoms with E-state index in [9.17, 15) is 18.0 Å². The molecule has 2 atom stereocenters. The van der Waals surface area contributed by atoms with E-state index in [1.807, 2.05) is 12.1 Å². The van der Waals surface area contributed by atoms with Gasteiger partial charge in [0.2, 0.25) is 0 Å². The molecule has 3 heterocycles. The van der Waals surface area contributed by atoms with Crippen LogP contribution in [0.15, 0.2) is 42.6 Å². The molecule has 2 N–H and O–H groups in total. The molecule has 0 radical (unpaired) electrons. The maximum Gasteiger partial charge on any atom is 0.573 e. The Morgan fingerprint density at radius 3 is 2.32 bits per heavy atom. The third kappa shape index (κ3) is 6.79. The van der Waals surface area contributed by atoms with Crippen molar-refractivity contribution in [3.8, 4) is 5.75 Å². The molecule has 2 aliphatic heterocycles. The van der Waals surface area contributed by atoms with E-state index in [2.05, 4.69) is 59.2 Å². The fourth-order valence-electron chi connectivity index (χ4n) is 4.59. The van der Waals surface area contributed by atoms with Gasteiger partial charge >= 0.3 is 12.5 Å². The van der Waals surface area contributed by atoms with Gasteiger partial charge in [-0.25, -0.2) is 15.2 Å². The van der Waals surface area contributed by atoms with E-state index in [1.54, 1.807) is 32.0 Å². The zero-order valence-corrected chi connectivity index (χ0v) is 25.8. The number of nitrogens with zero attached hydrogens (tertiary/aromatic N) is 3. The number of hydrogen-bond donors (Lipinski definition) is 2. The number of fused-ring (bicyclic) bond motifs is 1. The highest BCUT2D eigenvalue weighted by atomic mass is 28.4. The summed E-state index contributed by atoms with van der Waals surface area (Å²) in [7, 11) is -2.15. The Kier molecular flexibility index (Phi) is 8.15. The number of aromatic nitrogens is 1. The van der Waals surface area contributed by atoms with Gasteiger partial charge < -0.3 is 19.2 Å². The Morgan fingerprint density at radius 2 is 1.78 bits per heavy atom. The largest absolute Gasteiger partial charge is 0.573 e. The van der Waals surface area contributed by atoms with Crippen molar-refractivity contribution in [3.63, 3.8) is 0 Å². The molecule has 2 aromatic rings. The van der Waals surface area contributed by atoms with Crippen LogP contribution in [-0.4, -0.2) is 55.6 Å². The second-order valence-corrected chi connectivity index (χ2v) is 17.7. The Hall–Kier alpha value is -2.87. The molecule has 0 saturated carbocycles. The highest BCUT2D eigenvalue weighted by Crippen LogP contribution is 2.47. The quantitative estimate of drug-likeness (QED) is 0.357. The average molecular weight is 596 g/mol. The summed E-state index contributed by atoms with van der Waals surface area (Å²) in [6, 6.07) is 9.27. The summed E-state index contributed by atoms with van der Waals surface area (Å²) in [5.74, 6) is 0.228. The van der Waals surface area contributed by atoms with Crippen LogP contribution in [0.3, 0.4) is 0 Å². The Morgan fingerprint density at radius 1 is 1.12 bits per heavy atom. The summed E-state index contributed by atoms with van der Waals surface area (Å²) in [4.78, 5) is 19.6.